The molecule has 0 atom stereocenters. The molecule has 0 aliphatic carbocycles. The van der Waals surface area contributed by atoms with E-state index < -0.39 is 0 Å². The molecule has 5 nitrogen and oxygen atoms in total. The summed E-state index contributed by atoms with van der Waals surface area (Å²) in [6.45, 7) is 3.42. The first-order valence-electron chi connectivity index (χ1n) is 8.32. The molecule has 1 N–H and O–H groups in total. The fourth-order valence-electron chi connectivity index (χ4n) is 3.14. The molecule has 0 unspecified atom stereocenters. The maximum Gasteiger partial charge on any atom is 0.226 e. The first-order valence-corrected chi connectivity index (χ1v) is 8.32. The van der Waals surface area contributed by atoms with E-state index in [1.807, 2.05) is 24.3 Å². The third-order valence-electron chi connectivity index (χ3n) is 4.41. The molecule has 25 heavy (non-hydrogen) atoms. The highest BCUT2D eigenvalue weighted by molar-refractivity contribution is 5.94. The minimum Gasteiger partial charge on any atom is -0.496 e. The molecule has 1 aliphatic heterocycles. The van der Waals surface area contributed by atoms with Crippen LogP contribution in [0.3, 0.4) is 0 Å². The summed E-state index contributed by atoms with van der Waals surface area (Å²) in [4.78, 5) is 11.6. The first-order chi connectivity index (χ1) is 12.3. The smallest absolute Gasteiger partial charge is 0.226 e. The predicted octanol–water partition coefficient (Wildman–Crippen LogP) is 2.85. The number of rotatable bonds is 3. The van der Waals surface area contributed by atoms with Gasteiger partial charge in [0.1, 0.15) is 11.6 Å². The van der Waals surface area contributed by atoms with Crippen molar-refractivity contribution in [3.8, 4) is 17.0 Å². The fraction of sp³-hybridized carbons (Fsp3) is 0.263. The van der Waals surface area contributed by atoms with Crippen molar-refractivity contribution in [2.45, 2.75) is 0 Å². The van der Waals surface area contributed by atoms with Gasteiger partial charge in [0, 0.05) is 43.2 Å². The van der Waals surface area contributed by atoms with Crippen LogP contribution >= 0.6 is 0 Å². The normalized spacial score (nSPS) is 14.7. The van der Waals surface area contributed by atoms with Crippen LogP contribution in [0.25, 0.3) is 22.2 Å². The van der Waals surface area contributed by atoms with Gasteiger partial charge >= 0.3 is 0 Å². The number of hydrogen-bond acceptors (Lipinski definition) is 5. The van der Waals surface area contributed by atoms with E-state index in [9.17, 15) is 4.39 Å². The predicted molar refractivity (Wildman–Crippen MR) is 96.6 cm³/mol. The first kappa shape index (κ1) is 15.8. The van der Waals surface area contributed by atoms with Crippen molar-refractivity contribution in [1.29, 1.82) is 0 Å². The van der Waals surface area contributed by atoms with E-state index in [4.69, 9.17) is 9.72 Å². The van der Waals surface area contributed by atoms with E-state index in [1.165, 1.54) is 12.1 Å². The lowest BCUT2D eigenvalue weighted by molar-refractivity contribution is 0.416. The molecule has 1 aromatic heterocycles. The Morgan fingerprint density at radius 2 is 1.88 bits per heavy atom. The van der Waals surface area contributed by atoms with Crippen molar-refractivity contribution in [2.75, 3.05) is 38.2 Å². The summed E-state index contributed by atoms with van der Waals surface area (Å²) in [5, 5.41) is 4.13. The monoisotopic (exact) mass is 338 g/mol. The van der Waals surface area contributed by atoms with Crippen LogP contribution in [0.5, 0.6) is 5.75 Å². The van der Waals surface area contributed by atoms with Crippen molar-refractivity contribution >= 4 is 16.9 Å². The van der Waals surface area contributed by atoms with Gasteiger partial charge in [-0.05, 0) is 24.3 Å². The van der Waals surface area contributed by atoms with Gasteiger partial charge in [0.05, 0.1) is 18.3 Å². The van der Waals surface area contributed by atoms with Crippen LogP contribution in [0.15, 0.2) is 42.5 Å². The van der Waals surface area contributed by atoms with Crippen molar-refractivity contribution in [3.05, 3.63) is 48.3 Å². The van der Waals surface area contributed by atoms with E-state index in [1.54, 1.807) is 13.2 Å². The van der Waals surface area contributed by atoms with E-state index >= 15 is 0 Å². The molecule has 2 aromatic carbocycles. The Morgan fingerprint density at radius 1 is 1.08 bits per heavy atom. The Hall–Kier alpha value is -2.73. The molecule has 0 bridgehead atoms. The summed E-state index contributed by atoms with van der Waals surface area (Å²) in [6, 6.07) is 12.4. The molecule has 1 saturated heterocycles. The number of methoxy groups -OCH3 is 1. The average molecular weight is 338 g/mol. The van der Waals surface area contributed by atoms with Crippen LogP contribution in [0.1, 0.15) is 0 Å². The number of fused-ring (bicyclic) bond motifs is 1. The summed E-state index contributed by atoms with van der Waals surface area (Å²) in [5.74, 6) is 1.06. The van der Waals surface area contributed by atoms with Gasteiger partial charge in [0.25, 0.3) is 0 Å². The summed E-state index contributed by atoms with van der Waals surface area (Å²) < 4.78 is 19.3. The molecule has 0 saturated carbocycles. The maximum absolute atomic E-state index is 13.8. The number of halogens is 1. The number of benzene rings is 2. The standard InChI is InChI=1S/C19H19FN4O/c1-25-17-5-3-2-4-15(17)18-14-7-6-13(20)12-16(14)22-19(23-18)24-10-8-21-9-11-24/h2-7,12,21H,8-11H2,1H3. The number of nitrogens with one attached hydrogen (secondary N) is 1. The average Bonchev–Trinajstić information content (AvgIpc) is 2.67. The van der Waals surface area contributed by atoms with Gasteiger partial charge in [0.15, 0.2) is 0 Å². The Morgan fingerprint density at radius 3 is 2.68 bits per heavy atom. The van der Waals surface area contributed by atoms with E-state index in [2.05, 4.69) is 15.2 Å². The highest BCUT2D eigenvalue weighted by atomic mass is 19.1. The zero-order valence-corrected chi connectivity index (χ0v) is 14.0. The lowest BCUT2D eigenvalue weighted by Crippen LogP contribution is -2.44. The molecule has 3 aromatic rings. The second-order valence-corrected chi connectivity index (χ2v) is 5.97. The number of ether oxygens (including phenoxy) is 1. The highest BCUT2D eigenvalue weighted by Gasteiger charge is 2.18. The lowest BCUT2D eigenvalue weighted by Gasteiger charge is -2.28. The van der Waals surface area contributed by atoms with Gasteiger partial charge < -0.3 is 15.0 Å². The highest BCUT2D eigenvalue weighted by Crippen LogP contribution is 2.34. The van der Waals surface area contributed by atoms with Crippen molar-refractivity contribution < 1.29 is 9.13 Å². The van der Waals surface area contributed by atoms with Crippen LogP contribution in [0.4, 0.5) is 10.3 Å². The van der Waals surface area contributed by atoms with E-state index in [0.29, 0.717) is 11.5 Å². The molecule has 6 heteroatoms. The number of hydrogen-bond donors (Lipinski definition) is 1. The number of para-hydroxylation sites is 1. The van der Waals surface area contributed by atoms with Crippen LogP contribution in [-0.2, 0) is 0 Å². The Kier molecular flexibility index (Phi) is 4.19. The number of nitrogens with zero attached hydrogens (tertiary/aromatic N) is 3. The topological polar surface area (TPSA) is 50.3 Å². The molecule has 128 valence electrons. The van der Waals surface area contributed by atoms with Crippen LogP contribution in [0, 0.1) is 5.82 Å². The van der Waals surface area contributed by atoms with Gasteiger partial charge in [0.2, 0.25) is 5.95 Å². The molecule has 1 aliphatic rings. The van der Waals surface area contributed by atoms with E-state index in [0.717, 1.165) is 48.6 Å². The van der Waals surface area contributed by atoms with Crippen molar-refractivity contribution in [2.24, 2.45) is 0 Å². The molecule has 1 fully saturated rings. The van der Waals surface area contributed by atoms with Crippen molar-refractivity contribution in [1.82, 2.24) is 15.3 Å². The molecular weight excluding hydrogens is 319 g/mol. The summed E-state index contributed by atoms with van der Waals surface area (Å²) in [7, 11) is 1.64. The van der Waals surface area contributed by atoms with Gasteiger partial charge in [-0.25, -0.2) is 14.4 Å². The SMILES string of the molecule is COc1ccccc1-c1nc(N2CCNCC2)nc2cc(F)ccc12. The van der Waals surface area contributed by atoms with Gasteiger partial charge in [-0.2, -0.15) is 0 Å². The van der Waals surface area contributed by atoms with Crippen LogP contribution in [0.2, 0.25) is 0 Å². The molecule has 2 heterocycles. The molecular formula is C19H19FN4O. The second-order valence-electron chi connectivity index (χ2n) is 5.97. The van der Waals surface area contributed by atoms with Gasteiger partial charge in [-0.15, -0.1) is 0 Å². The Bertz CT molecular complexity index is 909. The summed E-state index contributed by atoms with van der Waals surface area (Å²) in [6.07, 6.45) is 0. The Balaban J connectivity index is 1.94. The fourth-order valence-corrected chi connectivity index (χ4v) is 3.14. The quantitative estimate of drug-likeness (QED) is 0.796. The summed E-state index contributed by atoms with van der Waals surface area (Å²) >= 11 is 0. The molecule has 4 rings (SSSR count). The van der Waals surface area contributed by atoms with Gasteiger partial charge in [-0.1, -0.05) is 12.1 Å². The zero-order chi connectivity index (χ0) is 17.2. The van der Waals surface area contributed by atoms with E-state index in [-0.39, 0.29) is 5.82 Å². The molecule has 0 radical (unpaired) electrons. The minimum atomic E-state index is -0.302. The number of anilines is 1. The lowest BCUT2D eigenvalue weighted by atomic mass is 10.1. The van der Waals surface area contributed by atoms with Crippen LogP contribution in [-0.4, -0.2) is 43.3 Å². The maximum atomic E-state index is 13.8. The van der Waals surface area contributed by atoms with Crippen LogP contribution < -0.4 is 15.0 Å². The number of aromatic nitrogens is 2. The molecule has 0 amide bonds. The van der Waals surface area contributed by atoms with Gasteiger partial charge in [-0.3, -0.25) is 0 Å². The summed E-state index contributed by atoms with van der Waals surface area (Å²) in [5.41, 5.74) is 2.24. The zero-order valence-electron chi connectivity index (χ0n) is 14.0. The number of piperazine rings is 1. The third-order valence-corrected chi connectivity index (χ3v) is 4.41. The Labute approximate surface area is 145 Å². The minimum absolute atomic E-state index is 0.302. The molecule has 0 spiro atoms. The second kappa shape index (κ2) is 6.64. The largest absolute Gasteiger partial charge is 0.496 e. The van der Waals surface area contributed by atoms with Crippen molar-refractivity contribution in [3.63, 3.8) is 0 Å². The third kappa shape index (κ3) is 3.00.